The molecule has 0 aliphatic heterocycles. The van der Waals surface area contributed by atoms with Crippen molar-refractivity contribution in [1.29, 1.82) is 0 Å². The van der Waals surface area contributed by atoms with Crippen LogP contribution < -0.4 is 0 Å². The van der Waals surface area contributed by atoms with E-state index in [4.69, 9.17) is 5.11 Å². The summed E-state index contributed by atoms with van der Waals surface area (Å²) in [6, 6.07) is 0. The molecule has 2 rings (SSSR count). The van der Waals surface area contributed by atoms with Gasteiger partial charge in [0.2, 0.25) is 0 Å². The number of carbonyl (C=O) groups is 1. The highest BCUT2D eigenvalue weighted by Crippen LogP contribution is 2.42. The lowest BCUT2D eigenvalue weighted by Gasteiger charge is -1.92. The predicted molar refractivity (Wildman–Crippen MR) is 54.8 cm³/mol. The van der Waals surface area contributed by atoms with E-state index in [0.29, 0.717) is 12.3 Å². The Morgan fingerprint density at radius 3 is 2.93 bits per heavy atom. The summed E-state index contributed by atoms with van der Waals surface area (Å²) in [7, 11) is 0. The zero-order valence-electron chi connectivity index (χ0n) is 8.12. The van der Waals surface area contributed by atoms with Crippen molar-refractivity contribution in [1.82, 2.24) is 4.98 Å². The minimum atomic E-state index is -0.731. The Morgan fingerprint density at radius 1 is 1.64 bits per heavy atom. The molecular formula is C10H13NO2S. The van der Waals surface area contributed by atoms with E-state index < -0.39 is 5.97 Å². The minimum absolute atomic E-state index is 0.215. The summed E-state index contributed by atoms with van der Waals surface area (Å²) in [5, 5.41) is 9.79. The number of hydrogen-bond acceptors (Lipinski definition) is 3. The number of nitrogens with zero attached hydrogens (tertiary/aromatic N) is 1. The number of rotatable bonds is 4. The topological polar surface area (TPSA) is 50.2 Å². The fourth-order valence-electron chi connectivity index (χ4n) is 1.41. The quantitative estimate of drug-likeness (QED) is 0.831. The van der Waals surface area contributed by atoms with Crippen LogP contribution in [-0.4, -0.2) is 16.1 Å². The monoisotopic (exact) mass is 211 g/mol. The van der Waals surface area contributed by atoms with Crippen molar-refractivity contribution in [3.05, 3.63) is 15.6 Å². The van der Waals surface area contributed by atoms with Crippen molar-refractivity contribution in [3.8, 4) is 0 Å². The Balaban J connectivity index is 2.04. The molecule has 1 aromatic heterocycles. The van der Waals surface area contributed by atoms with Crippen LogP contribution in [0.3, 0.4) is 0 Å². The second kappa shape index (κ2) is 3.69. The first-order valence-electron chi connectivity index (χ1n) is 4.85. The van der Waals surface area contributed by atoms with E-state index in [1.165, 1.54) is 17.8 Å². The maximum absolute atomic E-state index is 10.4. The Bertz CT molecular complexity index is 355. The van der Waals surface area contributed by atoms with E-state index in [0.717, 1.165) is 10.6 Å². The number of aromatic nitrogens is 1. The molecule has 0 atom stereocenters. The van der Waals surface area contributed by atoms with Gasteiger partial charge in [0.1, 0.15) is 0 Å². The van der Waals surface area contributed by atoms with Crippen LogP contribution in [0.2, 0.25) is 0 Å². The molecule has 1 fully saturated rings. The molecule has 76 valence electrons. The summed E-state index contributed by atoms with van der Waals surface area (Å²) in [6.07, 6.45) is 3.36. The molecule has 0 bridgehead atoms. The Labute approximate surface area is 86.8 Å². The van der Waals surface area contributed by atoms with Crippen LogP contribution in [0.5, 0.6) is 0 Å². The first-order valence-corrected chi connectivity index (χ1v) is 5.66. The highest BCUT2D eigenvalue weighted by Gasteiger charge is 2.27. The minimum Gasteiger partial charge on any atom is -0.481 e. The SMILES string of the molecule is Cc1nc(C2CC2)sc1CCC(=O)O. The molecule has 1 heterocycles. The second-order valence-corrected chi connectivity index (χ2v) is 4.84. The summed E-state index contributed by atoms with van der Waals surface area (Å²) in [5.74, 6) is -0.0527. The Hall–Kier alpha value is -0.900. The highest BCUT2D eigenvalue weighted by molar-refractivity contribution is 7.11. The molecule has 1 saturated carbocycles. The van der Waals surface area contributed by atoms with Gasteiger partial charge in [-0.15, -0.1) is 11.3 Å². The molecule has 1 aliphatic rings. The summed E-state index contributed by atoms with van der Waals surface area (Å²) in [4.78, 5) is 16.0. The molecule has 0 saturated heterocycles. The third-order valence-corrected chi connectivity index (χ3v) is 3.78. The first-order chi connectivity index (χ1) is 6.66. The van der Waals surface area contributed by atoms with Crippen LogP contribution in [0.25, 0.3) is 0 Å². The molecule has 4 heteroatoms. The van der Waals surface area contributed by atoms with E-state index in [-0.39, 0.29) is 6.42 Å². The van der Waals surface area contributed by atoms with Crippen LogP contribution in [0, 0.1) is 6.92 Å². The first kappa shape index (κ1) is 9.65. The molecule has 0 amide bonds. The zero-order chi connectivity index (χ0) is 10.1. The summed E-state index contributed by atoms with van der Waals surface area (Å²) >= 11 is 1.70. The molecule has 1 aliphatic carbocycles. The number of thiazole rings is 1. The third-order valence-electron chi connectivity index (χ3n) is 2.40. The fraction of sp³-hybridized carbons (Fsp3) is 0.600. The van der Waals surface area contributed by atoms with Gasteiger partial charge in [0, 0.05) is 10.8 Å². The lowest BCUT2D eigenvalue weighted by Crippen LogP contribution is -1.96. The average molecular weight is 211 g/mol. The summed E-state index contributed by atoms with van der Waals surface area (Å²) in [5.41, 5.74) is 1.03. The van der Waals surface area contributed by atoms with Crippen LogP contribution in [0.1, 0.15) is 40.8 Å². The molecule has 1 N–H and O–H groups in total. The average Bonchev–Trinajstić information content (AvgIpc) is 2.88. The highest BCUT2D eigenvalue weighted by atomic mass is 32.1. The van der Waals surface area contributed by atoms with Crippen molar-refractivity contribution < 1.29 is 9.90 Å². The number of aliphatic carboxylic acids is 1. The lowest BCUT2D eigenvalue weighted by molar-refractivity contribution is -0.136. The third kappa shape index (κ3) is 2.12. The molecule has 14 heavy (non-hydrogen) atoms. The number of carboxylic acids is 1. The van der Waals surface area contributed by atoms with Gasteiger partial charge in [-0.25, -0.2) is 4.98 Å². The van der Waals surface area contributed by atoms with Crippen molar-refractivity contribution >= 4 is 17.3 Å². The van der Waals surface area contributed by atoms with Crippen LogP contribution in [-0.2, 0) is 11.2 Å². The normalized spacial score (nSPS) is 15.8. The van der Waals surface area contributed by atoms with Crippen LogP contribution in [0.15, 0.2) is 0 Å². The van der Waals surface area contributed by atoms with Gasteiger partial charge < -0.3 is 5.11 Å². The summed E-state index contributed by atoms with van der Waals surface area (Å²) < 4.78 is 0. The Kier molecular flexibility index (Phi) is 2.54. The number of carboxylic acid groups (broad SMARTS) is 1. The molecule has 1 aromatic rings. The van der Waals surface area contributed by atoms with Crippen LogP contribution in [0.4, 0.5) is 0 Å². The van der Waals surface area contributed by atoms with Crippen molar-refractivity contribution in [2.75, 3.05) is 0 Å². The molecule has 0 aromatic carbocycles. The molecule has 0 radical (unpaired) electrons. The van der Waals surface area contributed by atoms with Gasteiger partial charge in [-0.3, -0.25) is 4.79 Å². The van der Waals surface area contributed by atoms with Gasteiger partial charge in [0.05, 0.1) is 17.1 Å². The van der Waals surface area contributed by atoms with E-state index in [9.17, 15) is 4.79 Å². The predicted octanol–water partition coefficient (Wildman–Crippen LogP) is 2.35. The summed E-state index contributed by atoms with van der Waals surface area (Å²) in [6.45, 7) is 1.97. The maximum Gasteiger partial charge on any atom is 0.303 e. The van der Waals surface area contributed by atoms with E-state index >= 15 is 0 Å². The smallest absolute Gasteiger partial charge is 0.303 e. The molecule has 0 unspecified atom stereocenters. The zero-order valence-corrected chi connectivity index (χ0v) is 8.93. The lowest BCUT2D eigenvalue weighted by atomic mass is 10.2. The van der Waals surface area contributed by atoms with Gasteiger partial charge in [-0.2, -0.15) is 0 Å². The van der Waals surface area contributed by atoms with Gasteiger partial charge in [0.25, 0.3) is 0 Å². The second-order valence-electron chi connectivity index (χ2n) is 3.73. The number of hydrogen-bond donors (Lipinski definition) is 1. The maximum atomic E-state index is 10.4. The molecular weight excluding hydrogens is 198 g/mol. The van der Waals surface area contributed by atoms with Crippen molar-refractivity contribution in [2.45, 2.75) is 38.5 Å². The van der Waals surface area contributed by atoms with Crippen molar-refractivity contribution in [3.63, 3.8) is 0 Å². The van der Waals surface area contributed by atoms with Gasteiger partial charge >= 0.3 is 5.97 Å². The Morgan fingerprint density at radius 2 is 2.36 bits per heavy atom. The van der Waals surface area contributed by atoms with Gasteiger partial charge in [-0.1, -0.05) is 0 Å². The molecule has 0 spiro atoms. The standard InChI is InChI=1S/C10H13NO2S/c1-6-8(4-5-9(12)13)14-10(11-6)7-2-3-7/h7H,2-5H2,1H3,(H,12,13). The van der Waals surface area contributed by atoms with E-state index in [1.807, 2.05) is 6.92 Å². The number of aryl methyl sites for hydroxylation is 2. The molecule has 3 nitrogen and oxygen atoms in total. The van der Waals surface area contributed by atoms with E-state index in [1.54, 1.807) is 11.3 Å². The largest absolute Gasteiger partial charge is 0.481 e. The van der Waals surface area contributed by atoms with E-state index in [2.05, 4.69) is 4.98 Å². The van der Waals surface area contributed by atoms with Crippen molar-refractivity contribution in [2.24, 2.45) is 0 Å². The van der Waals surface area contributed by atoms with Gasteiger partial charge in [0.15, 0.2) is 0 Å². The fourth-order valence-corrected chi connectivity index (χ4v) is 2.64. The van der Waals surface area contributed by atoms with Crippen LogP contribution >= 0.6 is 11.3 Å². The van der Waals surface area contributed by atoms with Gasteiger partial charge in [-0.05, 0) is 26.2 Å².